The number of hydrogen-bond acceptors (Lipinski definition) is 4. The van der Waals surface area contributed by atoms with Crippen LogP contribution in [0.4, 0.5) is 15.0 Å². The van der Waals surface area contributed by atoms with Crippen LogP contribution in [0.5, 0.6) is 0 Å². The number of benzene rings is 1. The number of nitrogens with one attached hydrogen (secondary N) is 1. The SMILES string of the molecule is C[C@@H]([C@H](Nc1nc(Cl)c(C#N)cc1F)c1ccccc1)N(C(=O)O)C(C)(C)C. The third kappa shape index (κ3) is 4.70. The number of nitriles is 1. The maximum Gasteiger partial charge on any atom is 0.408 e. The van der Waals surface area contributed by atoms with Gasteiger partial charge in [0.1, 0.15) is 11.2 Å². The molecule has 1 aromatic heterocycles. The number of halogens is 2. The zero-order valence-electron chi connectivity index (χ0n) is 16.1. The first-order chi connectivity index (χ1) is 13.1. The van der Waals surface area contributed by atoms with Crippen molar-refractivity contribution < 1.29 is 14.3 Å². The highest BCUT2D eigenvalue weighted by Crippen LogP contribution is 2.31. The number of carboxylic acid groups (broad SMARTS) is 1. The van der Waals surface area contributed by atoms with Crippen molar-refractivity contribution in [2.45, 2.75) is 45.3 Å². The van der Waals surface area contributed by atoms with Gasteiger partial charge in [-0.15, -0.1) is 0 Å². The Morgan fingerprint density at radius 3 is 2.46 bits per heavy atom. The number of aromatic nitrogens is 1. The molecule has 1 amide bonds. The largest absolute Gasteiger partial charge is 0.465 e. The van der Waals surface area contributed by atoms with Crippen molar-refractivity contribution in [3.8, 4) is 6.07 Å². The van der Waals surface area contributed by atoms with Gasteiger partial charge in [0.05, 0.1) is 17.6 Å². The van der Waals surface area contributed by atoms with E-state index in [1.165, 1.54) is 4.90 Å². The van der Waals surface area contributed by atoms with E-state index >= 15 is 0 Å². The van der Waals surface area contributed by atoms with Crippen LogP contribution in [0.2, 0.25) is 5.15 Å². The molecule has 1 aromatic carbocycles. The van der Waals surface area contributed by atoms with E-state index in [9.17, 15) is 14.3 Å². The number of hydrogen-bond donors (Lipinski definition) is 2. The maximum absolute atomic E-state index is 14.5. The Kier molecular flexibility index (Phi) is 6.47. The van der Waals surface area contributed by atoms with Gasteiger partial charge in [0, 0.05) is 5.54 Å². The molecule has 0 bridgehead atoms. The molecule has 0 spiro atoms. The molecule has 0 aliphatic rings. The fourth-order valence-electron chi connectivity index (χ4n) is 3.16. The van der Waals surface area contributed by atoms with E-state index in [2.05, 4.69) is 10.3 Å². The number of anilines is 1. The van der Waals surface area contributed by atoms with Gasteiger partial charge in [0.25, 0.3) is 0 Å². The summed E-state index contributed by atoms with van der Waals surface area (Å²) in [6.07, 6.45) is -1.09. The Hall–Kier alpha value is -2.85. The van der Waals surface area contributed by atoms with E-state index in [1.807, 2.05) is 30.3 Å². The van der Waals surface area contributed by atoms with E-state index in [4.69, 9.17) is 16.9 Å². The van der Waals surface area contributed by atoms with Gasteiger partial charge in [-0.2, -0.15) is 5.26 Å². The van der Waals surface area contributed by atoms with Gasteiger partial charge in [-0.25, -0.2) is 14.2 Å². The Labute approximate surface area is 168 Å². The predicted octanol–water partition coefficient (Wildman–Crippen LogP) is 5.07. The number of nitrogens with zero attached hydrogens (tertiary/aromatic N) is 3. The van der Waals surface area contributed by atoms with Gasteiger partial charge in [-0.05, 0) is 39.3 Å². The summed E-state index contributed by atoms with van der Waals surface area (Å²) in [5.41, 5.74) is -0.00287. The number of carbonyl (C=O) groups is 1. The molecule has 0 saturated heterocycles. The summed E-state index contributed by atoms with van der Waals surface area (Å²) < 4.78 is 14.5. The van der Waals surface area contributed by atoms with Gasteiger partial charge in [0.15, 0.2) is 11.6 Å². The monoisotopic (exact) mass is 404 g/mol. The van der Waals surface area contributed by atoms with Crippen molar-refractivity contribution in [1.82, 2.24) is 9.88 Å². The second-order valence-corrected chi connectivity index (χ2v) is 7.72. The summed E-state index contributed by atoms with van der Waals surface area (Å²) in [5, 5.41) is 21.6. The fourth-order valence-corrected chi connectivity index (χ4v) is 3.34. The van der Waals surface area contributed by atoms with Crippen LogP contribution in [0.25, 0.3) is 0 Å². The molecule has 0 aliphatic carbocycles. The van der Waals surface area contributed by atoms with Crippen molar-refractivity contribution >= 4 is 23.5 Å². The smallest absolute Gasteiger partial charge is 0.408 e. The minimum absolute atomic E-state index is 0.0733. The number of rotatable bonds is 5. The van der Waals surface area contributed by atoms with Crippen LogP contribution in [0, 0.1) is 17.1 Å². The summed E-state index contributed by atoms with van der Waals surface area (Å²) in [4.78, 5) is 17.2. The van der Waals surface area contributed by atoms with Gasteiger partial charge in [-0.3, -0.25) is 4.90 Å². The zero-order chi connectivity index (χ0) is 21.1. The molecule has 0 radical (unpaired) electrons. The highest BCUT2D eigenvalue weighted by Gasteiger charge is 2.36. The Balaban J connectivity index is 2.52. The quantitative estimate of drug-likeness (QED) is 0.679. The lowest BCUT2D eigenvalue weighted by Crippen LogP contribution is -2.53. The summed E-state index contributed by atoms with van der Waals surface area (Å²) in [6, 6.07) is 10.7. The predicted molar refractivity (Wildman–Crippen MR) is 106 cm³/mol. The standard InChI is InChI=1S/C20H22ClFN4O2/c1-12(26(19(27)28)20(2,3)4)16(13-8-6-5-7-9-13)24-18-15(22)10-14(11-23)17(21)25-18/h5-10,12,16H,1-4H3,(H,24,25)(H,27,28)/t12-,16-/m0/s1. The lowest BCUT2D eigenvalue weighted by Gasteiger charge is -2.42. The van der Waals surface area contributed by atoms with Crippen molar-refractivity contribution in [2.24, 2.45) is 0 Å². The van der Waals surface area contributed by atoms with E-state index in [0.29, 0.717) is 0 Å². The first-order valence-electron chi connectivity index (χ1n) is 8.66. The van der Waals surface area contributed by atoms with Crippen molar-refractivity contribution in [3.63, 3.8) is 0 Å². The molecular formula is C20H22ClFN4O2. The molecule has 0 aliphatic heterocycles. The molecule has 8 heteroatoms. The number of pyridine rings is 1. The molecule has 0 saturated carbocycles. The van der Waals surface area contributed by atoms with Gasteiger partial charge < -0.3 is 10.4 Å². The van der Waals surface area contributed by atoms with Crippen LogP contribution in [-0.2, 0) is 0 Å². The van der Waals surface area contributed by atoms with Crippen LogP contribution in [0.15, 0.2) is 36.4 Å². The first-order valence-corrected chi connectivity index (χ1v) is 9.04. The lowest BCUT2D eigenvalue weighted by atomic mass is 9.95. The van der Waals surface area contributed by atoms with E-state index < -0.39 is 29.5 Å². The van der Waals surface area contributed by atoms with Crippen LogP contribution in [0.3, 0.4) is 0 Å². The molecular weight excluding hydrogens is 383 g/mol. The average Bonchev–Trinajstić information content (AvgIpc) is 2.61. The second kappa shape index (κ2) is 8.44. The lowest BCUT2D eigenvalue weighted by molar-refractivity contribution is 0.0693. The van der Waals surface area contributed by atoms with Crippen molar-refractivity contribution in [3.05, 3.63) is 58.5 Å². The third-order valence-corrected chi connectivity index (χ3v) is 4.61. The van der Waals surface area contributed by atoms with E-state index in [1.54, 1.807) is 33.8 Å². The molecule has 2 aromatic rings. The summed E-state index contributed by atoms with van der Waals surface area (Å²) in [7, 11) is 0. The third-order valence-electron chi connectivity index (χ3n) is 4.32. The Morgan fingerprint density at radius 2 is 1.96 bits per heavy atom. The van der Waals surface area contributed by atoms with Crippen LogP contribution in [0.1, 0.15) is 44.9 Å². The molecule has 0 fully saturated rings. The van der Waals surface area contributed by atoms with Crippen LogP contribution in [-0.4, -0.2) is 32.7 Å². The fraction of sp³-hybridized carbons (Fsp3) is 0.350. The summed E-state index contributed by atoms with van der Waals surface area (Å²) in [6.45, 7) is 7.11. The average molecular weight is 405 g/mol. The van der Waals surface area contributed by atoms with Gasteiger partial charge >= 0.3 is 6.09 Å². The summed E-state index contributed by atoms with van der Waals surface area (Å²) in [5.74, 6) is -0.893. The topological polar surface area (TPSA) is 89.3 Å². The van der Waals surface area contributed by atoms with Crippen LogP contribution >= 0.6 is 11.6 Å². The highest BCUT2D eigenvalue weighted by atomic mass is 35.5. The molecule has 148 valence electrons. The molecule has 0 unspecified atom stereocenters. The molecule has 2 atom stereocenters. The minimum atomic E-state index is -1.09. The van der Waals surface area contributed by atoms with Gasteiger partial charge in [-0.1, -0.05) is 41.9 Å². The van der Waals surface area contributed by atoms with Gasteiger partial charge in [0.2, 0.25) is 0 Å². The van der Waals surface area contributed by atoms with E-state index in [-0.39, 0.29) is 16.5 Å². The highest BCUT2D eigenvalue weighted by molar-refractivity contribution is 6.30. The second-order valence-electron chi connectivity index (χ2n) is 7.37. The zero-order valence-corrected chi connectivity index (χ0v) is 16.8. The molecule has 2 rings (SSSR count). The van der Waals surface area contributed by atoms with Crippen molar-refractivity contribution in [1.29, 1.82) is 5.26 Å². The normalized spacial score (nSPS) is 13.3. The molecule has 6 nitrogen and oxygen atoms in total. The van der Waals surface area contributed by atoms with E-state index in [0.717, 1.165) is 11.6 Å². The van der Waals surface area contributed by atoms with Crippen LogP contribution < -0.4 is 5.32 Å². The minimum Gasteiger partial charge on any atom is -0.465 e. The maximum atomic E-state index is 14.5. The summed E-state index contributed by atoms with van der Waals surface area (Å²) >= 11 is 5.95. The molecule has 1 heterocycles. The molecule has 28 heavy (non-hydrogen) atoms. The Morgan fingerprint density at radius 1 is 1.36 bits per heavy atom. The Bertz CT molecular complexity index is 894. The number of amides is 1. The first kappa shape index (κ1) is 21.5. The van der Waals surface area contributed by atoms with Crippen molar-refractivity contribution in [2.75, 3.05) is 5.32 Å². The molecule has 2 N–H and O–H groups in total.